The van der Waals surface area contributed by atoms with Crippen molar-refractivity contribution in [3.05, 3.63) is 24.3 Å². The van der Waals surface area contributed by atoms with Gasteiger partial charge in [0.05, 0.1) is 17.4 Å². The molecular formula is C14H21N3O. The molecule has 2 N–H and O–H groups in total. The van der Waals surface area contributed by atoms with Crippen LogP contribution >= 0.6 is 0 Å². The van der Waals surface area contributed by atoms with Gasteiger partial charge in [0.25, 0.3) is 0 Å². The maximum absolute atomic E-state index is 12.2. The van der Waals surface area contributed by atoms with Gasteiger partial charge in [0.1, 0.15) is 0 Å². The molecule has 0 radical (unpaired) electrons. The number of hydrogen-bond donors (Lipinski definition) is 1. The van der Waals surface area contributed by atoms with Gasteiger partial charge in [-0.3, -0.25) is 4.79 Å². The monoisotopic (exact) mass is 247 g/mol. The maximum Gasteiger partial charge on any atom is 0.243 e. The topological polar surface area (TPSA) is 49.6 Å². The van der Waals surface area contributed by atoms with Crippen LogP contribution < -0.4 is 15.5 Å². The van der Waals surface area contributed by atoms with Gasteiger partial charge in [-0.1, -0.05) is 19.1 Å². The van der Waals surface area contributed by atoms with E-state index in [1.807, 2.05) is 23.1 Å². The Morgan fingerprint density at radius 2 is 1.94 bits per heavy atom. The molecule has 2 unspecified atom stereocenters. The van der Waals surface area contributed by atoms with Gasteiger partial charge in [-0.25, -0.2) is 0 Å². The van der Waals surface area contributed by atoms with Gasteiger partial charge >= 0.3 is 0 Å². The maximum atomic E-state index is 12.2. The van der Waals surface area contributed by atoms with Crippen LogP contribution in [0.5, 0.6) is 0 Å². The SMILES string of the molecule is CC1CN(C)c2ccccc2N(C(=O)C(C)N)C1. The number of carbonyl (C=O) groups is 1. The Balaban J connectivity index is 2.45. The number of nitrogens with two attached hydrogens (primary N) is 1. The molecule has 0 saturated carbocycles. The lowest BCUT2D eigenvalue weighted by molar-refractivity contribution is -0.119. The minimum Gasteiger partial charge on any atom is -0.373 e. The number of nitrogens with zero attached hydrogens (tertiary/aromatic N) is 2. The largest absolute Gasteiger partial charge is 0.373 e. The molecule has 2 rings (SSSR count). The zero-order valence-corrected chi connectivity index (χ0v) is 11.3. The molecule has 1 amide bonds. The Morgan fingerprint density at radius 1 is 1.33 bits per heavy atom. The highest BCUT2D eigenvalue weighted by Gasteiger charge is 2.27. The number of carbonyl (C=O) groups excluding carboxylic acids is 1. The molecule has 98 valence electrons. The summed E-state index contributed by atoms with van der Waals surface area (Å²) in [7, 11) is 2.06. The number of amides is 1. The molecule has 1 aromatic rings. The van der Waals surface area contributed by atoms with Gasteiger partial charge in [-0.2, -0.15) is 0 Å². The lowest BCUT2D eigenvalue weighted by Crippen LogP contribution is -2.44. The first kappa shape index (κ1) is 12.9. The first-order valence-electron chi connectivity index (χ1n) is 6.38. The van der Waals surface area contributed by atoms with Crippen LogP contribution in [-0.2, 0) is 4.79 Å². The van der Waals surface area contributed by atoms with Crippen LogP contribution in [0.2, 0.25) is 0 Å². The fraction of sp³-hybridized carbons (Fsp3) is 0.500. The van der Waals surface area contributed by atoms with Crippen LogP contribution in [-0.4, -0.2) is 32.1 Å². The van der Waals surface area contributed by atoms with Crippen molar-refractivity contribution in [3.8, 4) is 0 Å². The van der Waals surface area contributed by atoms with E-state index >= 15 is 0 Å². The van der Waals surface area contributed by atoms with Gasteiger partial charge in [0, 0.05) is 20.1 Å². The Morgan fingerprint density at radius 3 is 2.56 bits per heavy atom. The Kier molecular flexibility index (Phi) is 3.57. The summed E-state index contributed by atoms with van der Waals surface area (Å²) >= 11 is 0. The van der Waals surface area contributed by atoms with Gasteiger partial charge in [-0.05, 0) is 25.0 Å². The van der Waals surface area contributed by atoms with Crippen molar-refractivity contribution in [2.45, 2.75) is 19.9 Å². The van der Waals surface area contributed by atoms with E-state index in [0.29, 0.717) is 5.92 Å². The molecule has 0 aromatic heterocycles. The summed E-state index contributed by atoms with van der Waals surface area (Å²) < 4.78 is 0. The molecule has 18 heavy (non-hydrogen) atoms. The van der Waals surface area contributed by atoms with E-state index in [1.54, 1.807) is 6.92 Å². The molecule has 0 aliphatic carbocycles. The average molecular weight is 247 g/mol. The summed E-state index contributed by atoms with van der Waals surface area (Å²) in [5.74, 6) is 0.412. The van der Waals surface area contributed by atoms with Crippen LogP contribution in [0.15, 0.2) is 24.3 Å². The van der Waals surface area contributed by atoms with Crippen molar-refractivity contribution in [1.82, 2.24) is 0 Å². The molecule has 1 heterocycles. The normalized spacial score (nSPS) is 21.2. The lowest BCUT2D eigenvalue weighted by Gasteiger charge is -2.26. The van der Waals surface area contributed by atoms with E-state index in [1.165, 1.54) is 0 Å². The van der Waals surface area contributed by atoms with Crippen molar-refractivity contribution in [1.29, 1.82) is 0 Å². The smallest absolute Gasteiger partial charge is 0.243 e. The van der Waals surface area contributed by atoms with E-state index in [-0.39, 0.29) is 5.91 Å². The summed E-state index contributed by atoms with van der Waals surface area (Å²) in [6.07, 6.45) is 0. The predicted molar refractivity (Wildman–Crippen MR) is 74.9 cm³/mol. The number of fused-ring (bicyclic) bond motifs is 1. The fourth-order valence-corrected chi connectivity index (χ4v) is 2.50. The quantitative estimate of drug-likeness (QED) is 0.817. The minimum atomic E-state index is -0.464. The Labute approximate surface area is 108 Å². The van der Waals surface area contributed by atoms with Crippen LogP contribution in [0.3, 0.4) is 0 Å². The first-order chi connectivity index (χ1) is 8.50. The number of para-hydroxylation sites is 2. The van der Waals surface area contributed by atoms with Crippen LogP contribution in [0, 0.1) is 5.92 Å². The van der Waals surface area contributed by atoms with Gasteiger partial charge in [0.15, 0.2) is 0 Å². The number of rotatable bonds is 1. The third-order valence-electron chi connectivity index (χ3n) is 3.32. The highest BCUT2D eigenvalue weighted by Crippen LogP contribution is 2.32. The highest BCUT2D eigenvalue weighted by atomic mass is 16.2. The fourth-order valence-electron chi connectivity index (χ4n) is 2.50. The van der Waals surface area contributed by atoms with Crippen molar-refractivity contribution < 1.29 is 4.79 Å². The molecule has 1 aliphatic heterocycles. The van der Waals surface area contributed by atoms with Crippen molar-refractivity contribution in [3.63, 3.8) is 0 Å². The van der Waals surface area contributed by atoms with Crippen molar-refractivity contribution in [2.75, 3.05) is 29.9 Å². The number of benzene rings is 1. The van der Waals surface area contributed by atoms with Gasteiger partial charge in [0.2, 0.25) is 5.91 Å². The predicted octanol–water partition coefficient (Wildman–Crippen LogP) is 1.45. The van der Waals surface area contributed by atoms with E-state index in [9.17, 15) is 4.79 Å². The molecular weight excluding hydrogens is 226 g/mol. The van der Waals surface area contributed by atoms with Crippen LogP contribution in [0.25, 0.3) is 0 Å². The summed E-state index contributed by atoms with van der Waals surface area (Å²) in [4.78, 5) is 16.3. The summed E-state index contributed by atoms with van der Waals surface area (Å²) in [6.45, 7) is 5.57. The number of anilines is 2. The van der Waals surface area contributed by atoms with Gasteiger partial charge in [-0.15, -0.1) is 0 Å². The molecule has 4 nitrogen and oxygen atoms in total. The third-order valence-corrected chi connectivity index (χ3v) is 3.32. The molecule has 0 fully saturated rings. The Bertz CT molecular complexity index is 444. The molecule has 0 saturated heterocycles. The van der Waals surface area contributed by atoms with Crippen molar-refractivity contribution in [2.24, 2.45) is 11.7 Å². The van der Waals surface area contributed by atoms with Crippen LogP contribution in [0.4, 0.5) is 11.4 Å². The summed E-state index contributed by atoms with van der Waals surface area (Å²) in [5.41, 5.74) is 7.81. The van der Waals surface area contributed by atoms with E-state index in [2.05, 4.69) is 24.9 Å². The second kappa shape index (κ2) is 4.98. The third kappa shape index (κ3) is 2.34. The van der Waals surface area contributed by atoms with Crippen molar-refractivity contribution >= 4 is 17.3 Å². The molecule has 4 heteroatoms. The first-order valence-corrected chi connectivity index (χ1v) is 6.38. The average Bonchev–Trinajstić information content (AvgIpc) is 2.46. The Hall–Kier alpha value is -1.55. The second-order valence-electron chi connectivity index (χ2n) is 5.21. The summed E-state index contributed by atoms with van der Waals surface area (Å²) in [6, 6.07) is 7.54. The van der Waals surface area contributed by atoms with E-state index in [4.69, 9.17) is 5.73 Å². The highest BCUT2D eigenvalue weighted by molar-refractivity contribution is 6.00. The van der Waals surface area contributed by atoms with E-state index in [0.717, 1.165) is 24.5 Å². The minimum absolute atomic E-state index is 0.00963. The molecule has 0 bridgehead atoms. The zero-order valence-electron chi connectivity index (χ0n) is 11.3. The molecule has 1 aromatic carbocycles. The number of hydrogen-bond acceptors (Lipinski definition) is 3. The zero-order chi connectivity index (χ0) is 13.3. The lowest BCUT2D eigenvalue weighted by atomic mass is 10.1. The summed E-state index contributed by atoms with van der Waals surface area (Å²) in [5, 5.41) is 0. The van der Waals surface area contributed by atoms with Crippen LogP contribution in [0.1, 0.15) is 13.8 Å². The van der Waals surface area contributed by atoms with E-state index < -0.39 is 6.04 Å². The molecule has 1 aliphatic rings. The molecule has 2 atom stereocenters. The molecule has 0 spiro atoms. The van der Waals surface area contributed by atoms with Gasteiger partial charge < -0.3 is 15.5 Å². The standard InChI is InChI=1S/C14H21N3O/c1-10-8-16(3)12-6-4-5-7-13(12)17(9-10)14(18)11(2)15/h4-7,10-11H,8-9,15H2,1-3H3. The second-order valence-corrected chi connectivity index (χ2v) is 5.21.